The maximum absolute atomic E-state index is 11.1. The molecule has 0 saturated heterocycles. The summed E-state index contributed by atoms with van der Waals surface area (Å²) in [5.41, 5.74) is 0. The molecule has 0 saturated carbocycles. The van der Waals surface area contributed by atoms with Crippen LogP contribution in [0.5, 0.6) is 0 Å². The lowest BCUT2D eigenvalue weighted by molar-refractivity contribution is -0.596. The predicted molar refractivity (Wildman–Crippen MR) is 54.3 cm³/mol. The van der Waals surface area contributed by atoms with Gasteiger partial charge in [-0.2, -0.15) is 0 Å². The van der Waals surface area contributed by atoms with Crippen molar-refractivity contribution in [3.05, 3.63) is 17.4 Å². The van der Waals surface area contributed by atoms with Crippen molar-refractivity contribution in [2.45, 2.75) is 26.8 Å². The van der Waals surface area contributed by atoms with E-state index in [2.05, 4.69) is 10.6 Å². The number of hydrogen-bond donors (Lipinski definition) is 2. The first-order valence-electron chi connectivity index (χ1n) is 4.74. The maximum Gasteiger partial charge on any atom is 0.243 e. The van der Waals surface area contributed by atoms with Crippen LogP contribution in [-0.2, 0) is 4.79 Å². The standard InChI is InChI=1S/C9H17N3O3/c1-4-5-9(13)10-6-8(7(2)3)12(15)11-14/h4-5,7-8,14H,6H2,1-3H3,(H,10,13)/b5-4-,12-11?/t8-/m1/s1. The van der Waals surface area contributed by atoms with Gasteiger partial charge in [0.1, 0.15) is 0 Å². The second-order valence-corrected chi connectivity index (χ2v) is 3.45. The van der Waals surface area contributed by atoms with E-state index in [4.69, 9.17) is 5.21 Å². The van der Waals surface area contributed by atoms with E-state index in [9.17, 15) is 10.0 Å². The number of hydroxylamine groups is 1. The summed E-state index contributed by atoms with van der Waals surface area (Å²) in [7, 11) is 0. The van der Waals surface area contributed by atoms with Gasteiger partial charge in [-0.25, -0.2) is 0 Å². The van der Waals surface area contributed by atoms with Crippen molar-refractivity contribution >= 4 is 5.91 Å². The topological polar surface area (TPSA) is 87.8 Å². The third kappa shape index (κ3) is 4.99. The van der Waals surface area contributed by atoms with Crippen LogP contribution in [0.3, 0.4) is 0 Å². The molecule has 0 aliphatic rings. The molecule has 1 atom stereocenters. The number of rotatable bonds is 5. The zero-order chi connectivity index (χ0) is 11.8. The molecule has 1 amide bonds. The summed E-state index contributed by atoms with van der Waals surface area (Å²) < 4.78 is 0. The summed E-state index contributed by atoms with van der Waals surface area (Å²) in [4.78, 5) is 11.3. The Morgan fingerprint density at radius 1 is 1.67 bits per heavy atom. The van der Waals surface area contributed by atoms with Gasteiger partial charge in [0.25, 0.3) is 0 Å². The Labute approximate surface area is 88.8 Å². The molecule has 0 aliphatic carbocycles. The summed E-state index contributed by atoms with van der Waals surface area (Å²) in [6.45, 7) is 5.49. The smallest absolute Gasteiger partial charge is 0.243 e. The SMILES string of the molecule is C/C=C\C(=O)NC[C@H](C(C)C)[N+]([O-])=NO. The van der Waals surface area contributed by atoms with Crippen LogP contribution in [0.4, 0.5) is 0 Å². The Morgan fingerprint density at radius 2 is 2.27 bits per heavy atom. The first-order chi connectivity index (χ1) is 7.02. The molecule has 0 aromatic rings. The van der Waals surface area contributed by atoms with Gasteiger partial charge in [0.2, 0.25) is 11.9 Å². The van der Waals surface area contributed by atoms with Crippen LogP contribution in [0.1, 0.15) is 20.8 Å². The zero-order valence-corrected chi connectivity index (χ0v) is 9.17. The van der Waals surface area contributed by atoms with E-state index in [0.717, 1.165) is 0 Å². The van der Waals surface area contributed by atoms with E-state index >= 15 is 0 Å². The summed E-state index contributed by atoms with van der Waals surface area (Å²) in [6.07, 6.45) is 2.97. The van der Waals surface area contributed by atoms with Crippen LogP contribution in [0.2, 0.25) is 0 Å². The van der Waals surface area contributed by atoms with Crippen LogP contribution in [0.25, 0.3) is 0 Å². The molecule has 2 N–H and O–H groups in total. The molecule has 6 nitrogen and oxygen atoms in total. The Morgan fingerprint density at radius 3 is 2.67 bits per heavy atom. The van der Waals surface area contributed by atoms with Crippen molar-refractivity contribution in [2.24, 2.45) is 11.2 Å². The molecule has 86 valence electrons. The van der Waals surface area contributed by atoms with Crippen LogP contribution < -0.4 is 5.32 Å². The van der Waals surface area contributed by atoms with Crippen molar-refractivity contribution in [3.63, 3.8) is 0 Å². The highest BCUT2D eigenvalue weighted by Crippen LogP contribution is 2.04. The Kier molecular flexibility index (Phi) is 6.08. The van der Waals surface area contributed by atoms with E-state index in [1.165, 1.54) is 6.08 Å². The average Bonchev–Trinajstić information content (AvgIpc) is 2.17. The molecule has 0 radical (unpaired) electrons. The molecule has 0 rings (SSSR count). The average molecular weight is 215 g/mol. The second-order valence-electron chi connectivity index (χ2n) is 3.45. The van der Waals surface area contributed by atoms with Gasteiger partial charge < -0.3 is 15.7 Å². The molecule has 0 aromatic heterocycles. The van der Waals surface area contributed by atoms with Gasteiger partial charge in [-0.05, 0) is 13.0 Å². The Balaban J connectivity index is 4.26. The highest BCUT2D eigenvalue weighted by Gasteiger charge is 2.23. The fourth-order valence-electron chi connectivity index (χ4n) is 1.05. The van der Waals surface area contributed by atoms with E-state index in [1.54, 1.807) is 13.0 Å². The fourth-order valence-corrected chi connectivity index (χ4v) is 1.05. The molecule has 0 spiro atoms. The molecule has 6 heteroatoms. The third-order valence-electron chi connectivity index (χ3n) is 1.94. The second kappa shape index (κ2) is 6.80. The summed E-state index contributed by atoms with van der Waals surface area (Å²) in [5.74, 6) is -0.293. The first kappa shape index (κ1) is 13.4. The van der Waals surface area contributed by atoms with Gasteiger partial charge in [0, 0.05) is 5.92 Å². The summed E-state index contributed by atoms with van der Waals surface area (Å²) in [5, 5.41) is 24.5. The molecular weight excluding hydrogens is 198 g/mol. The number of nitrogens with zero attached hydrogens (tertiary/aromatic N) is 2. The summed E-state index contributed by atoms with van der Waals surface area (Å²) >= 11 is 0. The minimum Gasteiger partial charge on any atom is -0.597 e. The predicted octanol–water partition coefficient (Wildman–Crippen LogP) is 1.05. The number of nitrogens with one attached hydrogen (secondary N) is 1. The van der Waals surface area contributed by atoms with E-state index < -0.39 is 6.04 Å². The largest absolute Gasteiger partial charge is 0.597 e. The summed E-state index contributed by atoms with van der Waals surface area (Å²) in [6, 6.07) is -0.566. The minimum atomic E-state index is -0.566. The first-order valence-corrected chi connectivity index (χ1v) is 4.74. The van der Waals surface area contributed by atoms with E-state index in [0.29, 0.717) is 0 Å². The van der Waals surface area contributed by atoms with Gasteiger partial charge in [-0.1, -0.05) is 24.8 Å². The van der Waals surface area contributed by atoms with Crippen LogP contribution in [-0.4, -0.2) is 28.6 Å². The molecule has 0 aromatic carbocycles. The molecule has 0 fully saturated rings. The van der Waals surface area contributed by atoms with Gasteiger partial charge in [-0.15, -0.1) is 0 Å². The van der Waals surface area contributed by atoms with E-state index in [-0.39, 0.29) is 23.2 Å². The molecule has 0 bridgehead atoms. The fraction of sp³-hybridized carbons (Fsp3) is 0.667. The van der Waals surface area contributed by atoms with Gasteiger partial charge in [0.05, 0.1) is 6.54 Å². The highest BCUT2D eigenvalue weighted by atomic mass is 16.6. The highest BCUT2D eigenvalue weighted by molar-refractivity contribution is 5.87. The number of allylic oxidation sites excluding steroid dienone is 1. The Bertz CT molecular complexity index is 261. The number of carbonyl (C=O) groups excluding carboxylic acids is 1. The lowest BCUT2D eigenvalue weighted by Gasteiger charge is -2.16. The van der Waals surface area contributed by atoms with Crippen LogP contribution in [0, 0.1) is 11.1 Å². The lowest BCUT2D eigenvalue weighted by atomic mass is 10.1. The molecule has 0 heterocycles. The molecular formula is C9H17N3O3. The normalized spacial score (nSPS) is 14.5. The van der Waals surface area contributed by atoms with Crippen molar-refractivity contribution in [3.8, 4) is 0 Å². The minimum absolute atomic E-state index is 0.0238. The molecule has 0 unspecified atom stereocenters. The lowest BCUT2D eigenvalue weighted by Crippen LogP contribution is -2.39. The van der Waals surface area contributed by atoms with Crippen molar-refractivity contribution < 1.29 is 14.9 Å². The zero-order valence-electron chi connectivity index (χ0n) is 9.17. The van der Waals surface area contributed by atoms with Gasteiger partial charge in [0.15, 0.2) is 5.28 Å². The van der Waals surface area contributed by atoms with Crippen molar-refractivity contribution in [2.75, 3.05) is 6.54 Å². The van der Waals surface area contributed by atoms with Gasteiger partial charge >= 0.3 is 0 Å². The van der Waals surface area contributed by atoms with Crippen LogP contribution in [0.15, 0.2) is 17.4 Å². The Hall–Kier alpha value is -1.59. The number of hydrogen-bond acceptors (Lipinski definition) is 3. The monoisotopic (exact) mass is 215 g/mol. The van der Waals surface area contributed by atoms with Crippen molar-refractivity contribution in [1.29, 1.82) is 0 Å². The van der Waals surface area contributed by atoms with Crippen molar-refractivity contribution in [1.82, 2.24) is 5.32 Å². The quantitative estimate of drug-likeness (QED) is 0.311. The number of amides is 1. The van der Waals surface area contributed by atoms with E-state index in [1.807, 2.05) is 13.8 Å². The number of carbonyl (C=O) groups is 1. The van der Waals surface area contributed by atoms with Crippen LogP contribution >= 0.6 is 0 Å². The maximum atomic E-state index is 11.1. The molecule has 0 aliphatic heterocycles. The van der Waals surface area contributed by atoms with Gasteiger partial charge in [-0.3, -0.25) is 4.79 Å². The molecule has 15 heavy (non-hydrogen) atoms. The third-order valence-corrected chi connectivity index (χ3v) is 1.94.